The highest BCUT2D eigenvalue weighted by Gasteiger charge is 2.13. The number of nitrogens with zero attached hydrogens (tertiary/aromatic N) is 1. The number of carbonyl (C=O) groups is 1. The fraction of sp³-hybridized carbons (Fsp3) is 0.0667. The molecule has 106 valence electrons. The van der Waals surface area contributed by atoms with Crippen molar-refractivity contribution in [3.63, 3.8) is 0 Å². The zero-order chi connectivity index (χ0) is 15.4. The Morgan fingerprint density at radius 2 is 2.05 bits per heavy atom. The summed E-state index contributed by atoms with van der Waals surface area (Å²) in [6.45, 7) is 6.98. The first-order valence-electron chi connectivity index (χ1n) is 5.90. The molecule has 2 rings (SSSR count). The molecule has 0 saturated carbocycles. The lowest BCUT2D eigenvalue weighted by Gasteiger charge is -2.13. The van der Waals surface area contributed by atoms with Gasteiger partial charge >= 0.3 is 5.97 Å². The summed E-state index contributed by atoms with van der Waals surface area (Å²) in [6.07, 6.45) is 0. The second-order valence-electron chi connectivity index (χ2n) is 4.12. The third-order valence-corrected chi connectivity index (χ3v) is 2.80. The molecule has 2 aromatic carbocycles. The summed E-state index contributed by atoms with van der Waals surface area (Å²) in [4.78, 5) is 14.5. The smallest absolute Gasteiger partial charge is 0.337 e. The Balaban J connectivity index is 2.48. The van der Waals surface area contributed by atoms with Gasteiger partial charge in [0, 0.05) is 11.8 Å². The van der Waals surface area contributed by atoms with Gasteiger partial charge in [-0.3, -0.25) is 0 Å². The first kappa shape index (κ1) is 14.3. The van der Waals surface area contributed by atoms with Crippen molar-refractivity contribution in [2.75, 3.05) is 12.4 Å². The minimum atomic E-state index is -1.13. The largest absolute Gasteiger partial charge is 0.494 e. The summed E-state index contributed by atoms with van der Waals surface area (Å²) in [7, 11) is 1.38. The Bertz CT molecular complexity index is 738. The highest BCUT2D eigenvalue weighted by Crippen LogP contribution is 2.31. The van der Waals surface area contributed by atoms with Crippen LogP contribution in [0, 0.1) is 12.4 Å². The Hall–Kier alpha value is -3.07. The highest BCUT2D eigenvalue weighted by atomic mass is 19.1. The van der Waals surface area contributed by atoms with Gasteiger partial charge in [0.15, 0.2) is 5.69 Å². The zero-order valence-electron chi connectivity index (χ0n) is 11.1. The summed E-state index contributed by atoms with van der Waals surface area (Å²) < 4.78 is 18.2. The van der Waals surface area contributed by atoms with Gasteiger partial charge in [-0.15, -0.1) is 0 Å². The van der Waals surface area contributed by atoms with Gasteiger partial charge in [0.05, 0.1) is 24.9 Å². The van der Waals surface area contributed by atoms with Crippen LogP contribution in [0.15, 0.2) is 36.4 Å². The second kappa shape index (κ2) is 5.92. The maximum atomic E-state index is 13.2. The molecule has 0 heterocycles. The van der Waals surface area contributed by atoms with Crippen molar-refractivity contribution in [1.29, 1.82) is 0 Å². The Kier molecular flexibility index (Phi) is 4.05. The lowest BCUT2D eigenvalue weighted by Crippen LogP contribution is -2.03. The van der Waals surface area contributed by atoms with E-state index >= 15 is 0 Å². The van der Waals surface area contributed by atoms with Crippen molar-refractivity contribution in [1.82, 2.24) is 0 Å². The predicted octanol–water partition coefficient (Wildman–Crippen LogP) is 3.83. The Morgan fingerprint density at radius 3 is 2.67 bits per heavy atom. The predicted molar refractivity (Wildman–Crippen MR) is 75.9 cm³/mol. The molecule has 2 N–H and O–H groups in total. The van der Waals surface area contributed by atoms with Crippen molar-refractivity contribution in [3.05, 3.63) is 59.2 Å². The maximum Gasteiger partial charge on any atom is 0.337 e. The van der Waals surface area contributed by atoms with Crippen LogP contribution in [0.4, 0.5) is 21.5 Å². The van der Waals surface area contributed by atoms with E-state index in [0.29, 0.717) is 11.4 Å². The second-order valence-corrected chi connectivity index (χ2v) is 4.12. The molecule has 0 aromatic heterocycles. The molecule has 5 nitrogen and oxygen atoms in total. The first-order chi connectivity index (χ1) is 10.0. The molecule has 0 aliphatic carbocycles. The van der Waals surface area contributed by atoms with E-state index < -0.39 is 11.8 Å². The van der Waals surface area contributed by atoms with E-state index in [1.165, 1.54) is 43.5 Å². The molecule has 0 aliphatic heterocycles. The van der Waals surface area contributed by atoms with E-state index in [4.69, 9.17) is 16.4 Å². The van der Waals surface area contributed by atoms with Gasteiger partial charge in [-0.2, -0.15) is 0 Å². The number of rotatable bonds is 4. The van der Waals surface area contributed by atoms with Crippen LogP contribution in [0.5, 0.6) is 5.75 Å². The molecule has 0 saturated heterocycles. The number of hydrogen-bond acceptors (Lipinski definition) is 3. The monoisotopic (exact) mass is 286 g/mol. The molecular weight excluding hydrogens is 275 g/mol. The van der Waals surface area contributed by atoms with E-state index in [9.17, 15) is 9.18 Å². The lowest BCUT2D eigenvalue weighted by atomic mass is 10.1. The normalized spacial score (nSPS) is 9.76. The lowest BCUT2D eigenvalue weighted by molar-refractivity contribution is 0.0698. The number of ether oxygens (including phenoxy) is 1. The number of aromatic carboxylic acids is 1. The van der Waals surface area contributed by atoms with Crippen LogP contribution < -0.4 is 10.1 Å². The molecule has 0 aliphatic rings. The number of benzene rings is 2. The quantitative estimate of drug-likeness (QED) is 0.838. The minimum absolute atomic E-state index is 0.00813. The number of halogens is 1. The van der Waals surface area contributed by atoms with Crippen LogP contribution in [-0.4, -0.2) is 18.2 Å². The van der Waals surface area contributed by atoms with Gasteiger partial charge in [-0.05, 0) is 18.2 Å². The average molecular weight is 286 g/mol. The maximum absolute atomic E-state index is 13.2. The molecule has 0 spiro atoms. The minimum Gasteiger partial charge on any atom is -0.494 e. The van der Waals surface area contributed by atoms with Crippen LogP contribution >= 0.6 is 0 Å². The van der Waals surface area contributed by atoms with Crippen LogP contribution in [0.25, 0.3) is 4.85 Å². The van der Waals surface area contributed by atoms with Crippen LogP contribution in [0.2, 0.25) is 0 Å². The standard InChI is InChI=1S/C15H11FN2O3/c1-17-10-4-5-11(15(19)20)13(8-10)18-12-6-3-9(16)7-14(12)21-2/h3-8,18H,2H3,(H,19,20). The summed E-state index contributed by atoms with van der Waals surface area (Å²) >= 11 is 0. The fourth-order valence-electron chi connectivity index (χ4n) is 1.81. The van der Waals surface area contributed by atoms with Crippen molar-refractivity contribution in [2.45, 2.75) is 0 Å². The Morgan fingerprint density at radius 1 is 1.29 bits per heavy atom. The van der Waals surface area contributed by atoms with Crippen molar-refractivity contribution >= 4 is 23.0 Å². The van der Waals surface area contributed by atoms with E-state index in [1.807, 2.05) is 0 Å². The van der Waals surface area contributed by atoms with Crippen molar-refractivity contribution in [2.24, 2.45) is 0 Å². The number of hydrogen-bond donors (Lipinski definition) is 2. The summed E-state index contributed by atoms with van der Waals surface area (Å²) in [5, 5.41) is 12.0. The van der Waals surface area contributed by atoms with Gasteiger partial charge in [-0.1, -0.05) is 12.1 Å². The summed E-state index contributed by atoms with van der Waals surface area (Å²) in [5.74, 6) is -1.36. The van der Waals surface area contributed by atoms with E-state index in [2.05, 4.69) is 10.2 Å². The molecule has 6 heteroatoms. The van der Waals surface area contributed by atoms with E-state index in [1.54, 1.807) is 0 Å². The number of methoxy groups -OCH3 is 1. The average Bonchev–Trinajstić information content (AvgIpc) is 2.48. The molecule has 2 aromatic rings. The Labute approximate surface area is 120 Å². The van der Waals surface area contributed by atoms with Crippen LogP contribution in [0.1, 0.15) is 10.4 Å². The number of nitrogens with one attached hydrogen (secondary N) is 1. The third kappa shape index (κ3) is 3.09. The molecule has 0 amide bonds. The van der Waals surface area contributed by atoms with Crippen molar-refractivity contribution < 1.29 is 19.0 Å². The topological polar surface area (TPSA) is 62.9 Å². The third-order valence-electron chi connectivity index (χ3n) is 2.80. The number of carboxylic acid groups (broad SMARTS) is 1. The molecule has 0 atom stereocenters. The zero-order valence-corrected chi connectivity index (χ0v) is 11.1. The number of carboxylic acids is 1. The van der Waals surface area contributed by atoms with Crippen LogP contribution in [0.3, 0.4) is 0 Å². The molecule has 0 unspecified atom stereocenters. The summed E-state index contributed by atoms with van der Waals surface area (Å²) in [6, 6.07) is 8.02. The SMILES string of the molecule is [C-]#[N+]c1ccc(C(=O)O)c(Nc2ccc(F)cc2OC)c1. The first-order valence-corrected chi connectivity index (χ1v) is 5.90. The molecule has 0 fully saturated rings. The molecule has 0 radical (unpaired) electrons. The fourth-order valence-corrected chi connectivity index (χ4v) is 1.81. The van der Waals surface area contributed by atoms with Gasteiger partial charge in [0.1, 0.15) is 11.6 Å². The van der Waals surface area contributed by atoms with Crippen molar-refractivity contribution in [3.8, 4) is 5.75 Å². The molecular formula is C15H11FN2O3. The van der Waals surface area contributed by atoms with E-state index in [0.717, 1.165) is 0 Å². The van der Waals surface area contributed by atoms with Crippen LogP contribution in [-0.2, 0) is 0 Å². The van der Waals surface area contributed by atoms with E-state index in [-0.39, 0.29) is 17.0 Å². The van der Waals surface area contributed by atoms with Gasteiger partial charge in [0.2, 0.25) is 0 Å². The number of anilines is 2. The summed E-state index contributed by atoms with van der Waals surface area (Å²) in [5.41, 5.74) is 0.946. The van der Waals surface area contributed by atoms with Gasteiger partial charge in [-0.25, -0.2) is 14.0 Å². The molecule has 21 heavy (non-hydrogen) atoms. The van der Waals surface area contributed by atoms with Gasteiger partial charge in [0.25, 0.3) is 0 Å². The molecule has 0 bridgehead atoms. The highest BCUT2D eigenvalue weighted by molar-refractivity contribution is 5.96. The van der Waals surface area contributed by atoms with Gasteiger partial charge < -0.3 is 15.2 Å².